The van der Waals surface area contributed by atoms with Crippen molar-refractivity contribution in [2.75, 3.05) is 43.9 Å². The van der Waals surface area contributed by atoms with E-state index in [2.05, 4.69) is 42.7 Å². The van der Waals surface area contributed by atoms with Crippen LogP contribution in [0.1, 0.15) is 25.3 Å². The molecule has 2 N–H and O–H groups in total. The summed E-state index contributed by atoms with van der Waals surface area (Å²) in [5.41, 5.74) is 6.60. The van der Waals surface area contributed by atoms with Crippen molar-refractivity contribution >= 4 is 33.3 Å². The lowest BCUT2D eigenvalue weighted by molar-refractivity contribution is 0.103. The van der Waals surface area contributed by atoms with Crippen molar-refractivity contribution in [3.63, 3.8) is 0 Å². The molecule has 3 heterocycles. The van der Waals surface area contributed by atoms with Gasteiger partial charge in [0.25, 0.3) is 0 Å². The molecule has 130 valence electrons. The number of halogens is 1. The van der Waals surface area contributed by atoms with E-state index in [0.29, 0.717) is 15.7 Å². The zero-order valence-corrected chi connectivity index (χ0v) is 15.2. The molecule has 1 fully saturated rings. The van der Waals surface area contributed by atoms with Crippen molar-refractivity contribution in [2.24, 2.45) is 0 Å². The van der Waals surface area contributed by atoms with Gasteiger partial charge in [0, 0.05) is 33.2 Å². The number of carbonyl (C=O) groups excluding carboxylic acids is 1. The monoisotopic (exact) mass is 393 g/mol. The van der Waals surface area contributed by atoms with Gasteiger partial charge in [-0.05, 0) is 54.1 Å². The lowest BCUT2D eigenvalue weighted by Crippen LogP contribution is -2.29. The van der Waals surface area contributed by atoms with Gasteiger partial charge in [-0.15, -0.1) is 0 Å². The summed E-state index contributed by atoms with van der Waals surface area (Å²) in [5.74, 6) is 0.833. The molecule has 0 bridgehead atoms. The number of pyridine rings is 2. The van der Waals surface area contributed by atoms with Gasteiger partial charge in [0.1, 0.15) is 17.3 Å². The van der Waals surface area contributed by atoms with Crippen molar-refractivity contribution < 1.29 is 7.65 Å². The molecule has 0 amide bonds. The highest BCUT2D eigenvalue weighted by Crippen LogP contribution is 2.20. The van der Waals surface area contributed by atoms with Crippen LogP contribution >= 0.6 is 15.9 Å². The number of hydrogen-bond acceptors (Lipinski definition) is 6. The fraction of sp³-hybridized carbons (Fsp3) is 0.353. The number of nitrogens with zero attached hydrogens (tertiary/aromatic N) is 4. The first-order valence-corrected chi connectivity index (χ1v) is 8.70. The van der Waals surface area contributed by atoms with Crippen LogP contribution in [0.3, 0.4) is 0 Å². The van der Waals surface area contributed by atoms with Gasteiger partial charge < -0.3 is 15.5 Å². The van der Waals surface area contributed by atoms with Crippen LogP contribution in [-0.2, 0) is 0 Å². The smallest absolute Gasteiger partial charge is 0.215 e. The minimum atomic E-state index is -0.213. The standard InChI is InChI=1S/C17H20BrN5O.2H2/c1-22-6-3-7-23(9-8-22)15-5-2-4-14(21-15)16(24)13-10-12(18)11-20-17(13)19;;/h2,4-5,10-11H,3,6-9H2,1H3,(H2,19,20);2*1H. The van der Waals surface area contributed by atoms with Gasteiger partial charge in [0.2, 0.25) is 5.78 Å². The third kappa shape index (κ3) is 3.73. The van der Waals surface area contributed by atoms with Crippen molar-refractivity contribution in [3.8, 4) is 0 Å². The lowest BCUT2D eigenvalue weighted by Gasteiger charge is -2.22. The predicted molar refractivity (Wildman–Crippen MR) is 103 cm³/mol. The zero-order valence-electron chi connectivity index (χ0n) is 13.6. The molecule has 6 nitrogen and oxygen atoms in total. The second-order valence-corrected chi connectivity index (χ2v) is 6.86. The molecule has 0 aliphatic carbocycles. The van der Waals surface area contributed by atoms with Crippen LogP contribution in [0.5, 0.6) is 0 Å². The molecule has 1 aliphatic rings. The Morgan fingerprint density at radius 3 is 2.96 bits per heavy atom. The van der Waals surface area contributed by atoms with Crippen molar-refractivity contribution in [3.05, 3.63) is 46.2 Å². The summed E-state index contributed by atoms with van der Waals surface area (Å²) < 4.78 is 0.715. The predicted octanol–water partition coefficient (Wildman–Crippen LogP) is 2.69. The van der Waals surface area contributed by atoms with Crippen LogP contribution < -0.4 is 10.6 Å². The first-order chi connectivity index (χ1) is 11.5. The number of anilines is 2. The summed E-state index contributed by atoms with van der Waals surface area (Å²) in [4.78, 5) is 25.9. The summed E-state index contributed by atoms with van der Waals surface area (Å²) in [5, 5.41) is 0. The Hall–Kier alpha value is -1.99. The van der Waals surface area contributed by atoms with Crippen LogP contribution in [-0.4, -0.2) is 53.9 Å². The van der Waals surface area contributed by atoms with Gasteiger partial charge in [-0.3, -0.25) is 4.79 Å². The molecule has 7 heteroatoms. The summed E-state index contributed by atoms with van der Waals surface area (Å²) in [6.45, 7) is 3.91. The average molecular weight is 394 g/mol. The second kappa shape index (κ2) is 7.27. The average Bonchev–Trinajstić information content (AvgIpc) is 2.81. The van der Waals surface area contributed by atoms with Gasteiger partial charge >= 0.3 is 0 Å². The highest BCUT2D eigenvalue weighted by Gasteiger charge is 2.18. The molecular weight excluding hydrogens is 370 g/mol. The molecular formula is C17H24BrN5O. The molecule has 24 heavy (non-hydrogen) atoms. The Bertz CT molecular complexity index is 762. The number of hydrogen-bond donors (Lipinski definition) is 1. The quantitative estimate of drug-likeness (QED) is 0.807. The van der Waals surface area contributed by atoms with E-state index in [9.17, 15) is 4.79 Å². The van der Waals surface area contributed by atoms with Crippen LogP contribution in [0.25, 0.3) is 0 Å². The second-order valence-electron chi connectivity index (χ2n) is 5.94. The third-order valence-corrected chi connectivity index (χ3v) is 4.57. The van der Waals surface area contributed by atoms with Crippen molar-refractivity contribution in [1.29, 1.82) is 0 Å². The zero-order chi connectivity index (χ0) is 17.1. The van der Waals surface area contributed by atoms with Gasteiger partial charge in [0.15, 0.2) is 0 Å². The van der Waals surface area contributed by atoms with E-state index in [1.54, 1.807) is 18.3 Å². The minimum Gasteiger partial charge on any atom is -0.383 e. The van der Waals surface area contributed by atoms with E-state index in [1.807, 2.05) is 12.1 Å². The molecule has 0 saturated carbocycles. The topological polar surface area (TPSA) is 75.3 Å². The molecule has 0 spiro atoms. The minimum absolute atomic E-state index is 0. The van der Waals surface area contributed by atoms with E-state index in [1.165, 1.54) is 0 Å². The maximum Gasteiger partial charge on any atom is 0.215 e. The fourth-order valence-corrected chi connectivity index (χ4v) is 3.10. The van der Waals surface area contributed by atoms with Gasteiger partial charge in [-0.2, -0.15) is 0 Å². The maximum atomic E-state index is 12.7. The number of aromatic nitrogens is 2. The largest absolute Gasteiger partial charge is 0.383 e. The third-order valence-electron chi connectivity index (χ3n) is 4.14. The molecule has 0 atom stereocenters. The van der Waals surface area contributed by atoms with Crippen molar-refractivity contribution in [2.45, 2.75) is 6.42 Å². The highest BCUT2D eigenvalue weighted by atomic mass is 79.9. The molecule has 1 aliphatic heterocycles. The molecule has 1 saturated heterocycles. The Morgan fingerprint density at radius 1 is 1.29 bits per heavy atom. The first kappa shape index (κ1) is 16.9. The number of likely N-dealkylation sites (N-methyl/N-ethyl adjacent to an activating group) is 1. The Kier molecular flexibility index (Phi) is 5.11. The van der Waals surface area contributed by atoms with Crippen LogP contribution in [0, 0.1) is 0 Å². The summed E-state index contributed by atoms with van der Waals surface area (Å²) >= 11 is 3.32. The number of nitrogen functional groups attached to an aromatic ring is 1. The van der Waals surface area contributed by atoms with Gasteiger partial charge in [0.05, 0.1) is 5.56 Å². The number of ketones is 1. The maximum absolute atomic E-state index is 12.7. The Morgan fingerprint density at radius 2 is 2.12 bits per heavy atom. The molecule has 0 aromatic carbocycles. The summed E-state index contributed by atoms with van der Waals surface area (Å²) in [7, 11) is 2.12. The molecule has 2 aromatic rings. The Balaban J connectivity index is 0.00000169. The van der Waals surface area contributed by atoms with E-state index >= 15 is 0 Å². The van der Waals surface area contributed by atoms with Crippen LogP contribution in [0.2, 0.25) is 0 Å². The fourth-order valence-electron chi connectivity index (χ4n) is 2.77. The molecule has 0 radical (unpaired) electrons. The van der Waals surface area contributed by atoms with E-state index in [4.69, 9.17) is 5.73 Å². The summed E-state index contributed by atoms with van der Waals surface area (Å²) in [6.07, 6.45) is 2.66. The van der Waals surface area contributed by atoms with E-state index in [-0.39, 0.29) is 14.5 Å². The van der Waals surface area contributed by atoms with Gasteiger partial charge in [-0.25, -0.2) is 9.97 Å². The van der Waals surface area contributed by atoms with Gasteiger partial charge in [-0.1, -0.05) is 6.07 Å². The number of nitrogens with two attached hydrogens (primary N) is 1. The lowest BCUT2D eigenvalue weighted by atomic mass is 10.1. The van der Waals surface area contributed by atoms with Crippen LogP contribution in [0.15, 0.2) is 34.9 Å². The molecule has 0 unspecified atom stereocenters. The van der Waals surface area contributed by atoms with Crippen LogP contribution in [0.4, 0.5) is 11.6 Å². The molecule has 2 aromatic heterocycles. The normalized spacial score (nSPS) is 16.0. The summed E-state index contributed by atoms with van der Waals surface area (Å²) in [6, 6.07) is 7.21. The highest BCUT2D eigenvalue weighted by molar-refractivity contribution is 9.10. The number of rotatable bonds is 3. The Labute approximate surface area is 152 Å². The van der Waals surface area contributed by atoms with E-state index in [0.717, 1.165) is 38.4 Å². The number of carbonyl (C=O) groups is 1. The SMILES string of the molecule is CN1CCCN(c2cccc(C(=O)c3cc(Br)cnc3N)n2)CC1.[HH].[HH]. The van der Waals surface area contributed by atoms with E-state index < -0.39 is 0 Å². The molecule has 3 rings (SSSR count). The van der Waals surface area contributed by atoms with Crippen molar-refractivity contribution in [1.82, 2.24) is 14.9 Å². The first-order valence-electron chi connectivity index (χ1n) is 7.91.